The molecule has 0 atom stereocenters. The monoisotopic (exact) mass is 454 g/mol. The molecule has 1 heterocycles. The van der Waals surface area contributed by atoms with Crippen molar-refractivity contribution in [1.82, 2.24) is 10.6 Å². The summed E-state index contributed by atoms with van der Waals surface area (Å²) in [5, 5.41) is 10.2. The van der Waals surface area contributed by atoms with Crippen LogP contribution in [0.3, 0.4) is 0 Å². The summed E-state index contributed by atoms with van der Waals surface area (Å²) < 4.78 is 0. The van der Waals surface area contributed by atoms with Gasteiger partial charge in [0.25, 0.3) is 11.8 Å². The van der Waals surface area contributed by atoms with E-state index in [4.69, 9.17) is 0 Å². The number of hydrogen-bond acceptors (Lipinski definition) is 3. The van der Waals surface area contributed by atoms with Gasteiger partial charge < -0.3 is 10.6 Å². The number of rotatable bonds is 8. The van der Waals surface area contributed by atoms with Gasteiger partial charge in [-0.05, 0) is 65.8 Å². The van der Waals surface area contributed by atoms with Crippen molar-refractivity contribution in [2.24, 2.45) is 0 Å². The molecular formula is C28H26N2O2S. The van der Waals surface area contributed by atoms with Crippen molar-refractivity contribution < 1.29 is 9.59 Å². The van der Waals surface area contributed by atoms with Crippen LogP contribution in [-0.4, -0.2) is 18.4 Å². The van der Waals surface area contributed by atoms with Crippen molar-refractivity contribution in [3.05, 3.63) is 112 Å². The molecule has 4 rings (SSSR count). The van der Waals surface area contributed by atoms with Crippen molar-refractivity contribution in [3.8, 4) is 0 Å². The summed E-state index contributed by atoms with van der Waals surface area (Å²) in [6, 6.07) is 25.8. The zero-order valence-electron chi connectivity index (χ0n) is 18.5. The number of amides is 2. The van der Waals surface area contributed by atoms with Crippen molar-refractivity contribution in [1.29, 1.82) is 0 Å². The number of carbonyl (C=O) groups excluding carboxylic acids is 2. The standard InChI is InChI=1S/C28H26N2O2S/c1-20-8-4-12-23(18-20)27(31)30-26(19-24-14-7-17-33-24)28(32)29-16-6-13-22-11-5-10-21-9-2-3-15-25(21)22/h2-5,7-12,14-15,17-19H,6,13,16H2,1H3,(H,29,32)(H,30,31)/b26-19-. The van der Waals surface area contributed by atoms with Crippen LogP contribution < -0.4 is 10.6 Å². The Balaban J connectivity index is 1.40. The predicted octanol–water partition coefficient (Wildman–Crippen LogP) is 5.73. The van der Waals surface area contributed by atoms with Crippen molar-refractivity contribution >= 4 is 40.0 Å². The fourth-order valence-electron chi connectivity index (χ4n) is 3.74. The van der Waals surface area contributed by atoms with Gasteiger partial charge in [-0.3, -0.25) is 9.59 Å². The molecule has 166 valence electrons. The molecule has 3 aromatic carbocycles. The van der Waals surface area contributed by atoms with Crippen LogP contribution >= 0.6 is 11.3 Å². The lowest BCUT2D eigenvalue weighted by Gasteiger charge is -2.12. The Morgan fingerprint density at radius 2 is 1.76 bits per heavy atom. The molecule has 0 aliphatic rings. The second kappa shape index (κ2) is 10.7. The molecule has 33 heavy (non-hydrogen) atoms. The number of carbonyl (C=O) groups is 2. The summed E-state index contributed by atoms with van der Waals surface area (Å²) in [6.07, 6.45) is 3.39. The SMILES string of the molecule is Cc1cccc(C(=O)N/C(=C\c2cccs2)C(=O)NCCCc2cccc3ccccc23)c1. The molecule has 1 aromatic heterocycles. The largest absolute Gasteiger partial charge is 0.351 e. The number of thiophene rings is 1. The molecule has 4 aromatic rings. The van der Waals surface area contributed by atoms with E-state index in [0.717, 1.165) is 23.3 Å². The van der Waals surface area contributed by atoms with Gasteiger partial charge in [0.05, 0.1) is 0 Å². The minimum atomic E-state index is -0.299. The van der Waals surface area contributed by atoms with E-state index in [1.807, 2.05) is 48.7 Å². The molecule has 0 saturated carbocycles. The Morgan fingerprint density at radius 1 is 0.939 bits per heavy atom. The van der Waals surface area contributed by atoms with Crippen molar-refractivity contribution in [3.63, 3.8) is 0 Å². The molecule has 5 heteroatoms. The lowest BCUT2D eigenvalue weighted by Crippen LogP contribution is -2.35. The second-order valence-electron chi connectivity index (χ2n) is 7.89. The minimum absolute atomic E-state index is 0.245. The summed E-state index contributed by atoms with van der Waals surface area (Å²) in [7, 11) is 0. The van der Waals surface area contributed by atoms with E-state index in [9.17, 15) is 9.59 Å². The Hall–Kier alpha value is -3.70. The van der Waals surface area contributed by atoms with Gasteiger partial charge in [0.15, 0.2) is 0 Å². The average molecular weight is 455 g/mol. The van der Waals surface area contributed by atoms with Gasteiger partial charge in [0.2, 0.25) is 0 Å². The predicted molar refractivity (Wildman–Crippen MR) is 136 cm³/mol. The molecule has 0 aliphatic heterocycles. The smallest absolute Gasteiger partial charge is 0.267 e. The fraction of sp³-hybridized carbons (Fsp3) is 0.143. The molecule has 0 unspecified atom stereocenters. The molecule has 2 amide bonds. The molecule has 2 N–H and O–H groups in total. The first kappa shape index (κ1) is 22.5. The molecule has 0 bridgehead atoms. The fourth-order valence-corrected chi connectivity index (χ4v) is 4.40. The van der Waals surface area contributed by atoms with Crippen LogP contribution in [0.15, 0.2) is 89.9 Å². The van der Waals surface area contributed by atoms with E-state index in [1.165, 1.54) is 27.7 Å². The average Bonchev–Trinajstić information content (AvgIpc) is 3.34. The van der Waals surface area contributed by atoms with Gasteiger partial charge in [0.1, 0.15) is 5.70 Å². The van der Waals surface area contributed by atoms with Crippen LogP contribution in [0.5, 0.6) is 0 Å². The molecule has 0 fully saturated rings. The van der Waals surface area contributed by atoms with Crippen LogP contribution in [0.1, 0.15) is 32.8 Å². The molecule has 0 saturated heterocycles. The van der Waals surface area contributed by atoms with E-state index < -0.39 is 0 Å². The Morgan fingerprint density at radius 3 is 2.58 bits per heavy atom. The number of nitrogens with one attached hydrogen (secondary N) is 2. The summed E-state index contributed by atoms with van der Waals surface area (Å²) in [5.74, 6) is -0.588. The van der Waals surface area contributed by atoms with Gasteiger partial charge >= 0.3 is 0 Å². The topological polar surface area (TPSA) is 58.2 Å². The third kappa shape index (κ3) is 5.96. The van der Waals surface area contributed by atoms with Crippen LogP contribution in [0.25, 0.3) is 16.8 Å². The lowest BCUT2D eigenvalue weighted by molar-refractivity contribution is -0.117. The third-order valence-electron chi connectivity index (χ3n) is 5.39. The number of aryl methyl sites for hydroxylation is 2. The molecule has 4 nitrogen and oxygen atoms in total. The van der Waals surface area contributed by atoms with Crippen LogP contribution in [-0.2, 0) is 11.2 Å². The first-order valence-electron chi connectivity index (χ1n) is 11.0. The second-order valence-corrected chi connectivity index (χ2v) is 8.87. The molecular weight excluding hydrogens is 428 g/mol. The highest BCUT2D eigenvalue weighted by atomic mass is 32.1. The lowest BCUT2D eigenvalue weighted by atomic mass is 10.0. The van der Waals surface area contributed by atoms with Crippen LogP contribution in [0.2, 0.25) is 0 Å². The Kier molecular flexibility index (Phi) is 7.33. The Bertz CT molecular complexity index is 1290. The highest BCUT2D eigenvalue weighted by Crippen LogP contribution is 2.19. The van der Waals surface area contributed by atoms with Gasteiger partial charge in [-0.1, -0.05) is 66.2 Å². The summed E-state index contributed by atoms with van der Waals surface area (Å²) in [4.78, 5) is 26.6. The number of benzene rings is 3. The van der Waals surface area contributed by atoms with Gasteiger partial charge in [0, 0.05) is 17.0 Å². The zero-order chi connectivity index (χ0) is 23.0. The molecule has 0 aliphatic carbocycles. The summed E-state index contributed by atoms with van der Waals surface area (Å²) in [5.41, 5.74) is 3.03. The van der Waals surface area contributed by atoms with Crippen molar-refractivity contribution in [2.45, 2.75) is 19.8 Å². The molecule has 0 radical (unpaired) electrons. The van der Waals surface area contributed by atoms with E-state index in [2.05, 4.69) is 41.0 Å². The van der Waals surface area contributed by atoms with Crippen LogP contribution in [0.4, 0.5) is 0 Å². The van der Waals surface area contributed by atoms with E-state index in [0.29, 0.717) is 12.1 Å². The number of fused-ring (bicyclic) bond motifs is 1. The van der Waals surface area contributed by atoms with E-state index in [1.54, 1.807) is 18.2 Å². The van der Waals surface area contributed by atoms with Gasteiger partial charge in [-0.2, -0.15) is 0 Å². The van der Waals surface area contributed by atoms with E-state index in [-0.39, 0.29) is 17.5 Å². The first-order chi connectivity index (χ1) is 16.1. The Labute approximate surface area is 198 Å². The summed E-state index contributed by atoms with van der Waals surface area (Å²) in [6.45, 7) is 2.45. The highest BCUT2D eigenvalue weighted by molar-refractivity contribution is 7.10. The zero-order valence-corrected chi connectivity index (χ0v) is 19.3. The van der Waals surface area contributed by atoms with Crippen molar-refractivity contribution in [2.75, 3.05) is 6.54 Å². The maximum atomic E-state index is 12.9. The maximum Gasteiger partial charge on any atom is 0.267 e. The quantitative estimate of drug-likeness (QED) is 0.264. The summed E-state index contributed by atoms with van der Waals surface area (Å²) >= 11 is 1.51. The first-order valence-corrected chi connectivity index (χ1v) is 11.9. The van der Waals surface area contributed by atoms with Gasteiger partial charge in [-0.25, -0.2) is 0 Å². The minimum Gasteiger partial charge on any atom is -0.351 e. The van der Waals surface area contributed by atoms with E-state index >= 15 is 0 Å². The number of hydrogen-bond donors (Lipinski definition) is 2. The third-order valence-corrected chi connectivity index (χ3v) is 6.21. The van der Waals surface area contributed by atoms with Gasteiger partial charge in [-0.15, -0.1) is 11.3 Å². The highest BCUT2D eigenvalue weighted by Gasteiger charge is 2.15. The molecule has 0 spiro atoms. The normalized spacial score (nSPS) is 11.4. The van der Waals surface area contributed by atoms with Crippen LogP contribution in [0, 0.1) is 6.92 Å². The maximum absolute atomic E-state index is 12.9.